The Morgan fingerprint density at radius 1 is 0.659 bits per heavy atom. The minimum atomic E-state index is -1.14. The molecule has 1 heterocycles. The van der Waals surface area contributed by atoms with E-state index in [0.29, 0.717) is 40.5 Å². The molecule has 0 spiro atoms. The third-order valence-electron chi connectivity index (χ3n) is 7.51. The number of hydrogen-bond acceptors (Lipinski definition) is 7. The molecular formula is C35H31BrFNO6. The minimum absolute atomic E-state index is 0.148. The average Bonchev–Trinajstić information content (AvgIpc) is 3.06. The minimum Gasteiger partial charge on any atom is -0.453 e. The predicted molar refractivity (Wildman–Crippen MR) is 166 cm³/mol. The summed E-state index contributed by atoms with van der Waals surface area (Å²) >= 11 is 3.57. The van der Waals surface area contributed by atoms with E-state index in [0.717, 1.165) is 0 Å². The highest BCUT2D eigenvalue weighted by Gasteiger charge is 2.49. The van der Waals surface area contributed by atoms with E-state index >= 15 is 0 Å². The Morgan fingerprint density at radius 2 is 1.11 bits per heavy atom. The van der Waals surface area contributed by atoms with Crippen molar-refractivity contribution in [1.82, 2.24) is 4.90 Å². The van der Waals surface area contributed by atoms with Gasteiger partial charge in [-0.1, -0.05) is 88.7 Å². The highest BCUT2D eigenvalue weighted by Crippen LogP contribution is 2.30. The van der Waals surface area contributed by atoms with E-state index in [9.17, 15) is 18.8 Å². The molecule has 226 valence electrons. The van der Waals surface area contributed by atoms with Gasteiger partial charge in [-0.15, -0.1) is 0 Å². The SMILES string of the molecule is O=C(O[C@H]1[C@H](OC(=O)c2ccccc2)[C@H](CBr)N(CCc2ccccc2F)C[C@@H]1OC(=O)c1ccccc1)c1ccccc1. The maximum absolute atomic E-state index is 14.5. The first kappa shape index (κ1) is 31.1. The molecule has 1 aliphatic heterocycles. The van der Waals surface area contributed by atoms with Crippen LogP contribution in [0.5, 0.6) is 0 Å². The van der Waals surface area contributed by atoms with Gasteiger partial charge in [0.05, 0.1) is 22.7 Å². The molecule has 0 bridgehead atoms. The van der Waals surface area contributed by atoms with Crippen LogP contribution in [0.2, 0.25) is 0 Å². The lowest BCUT2D eigenvalue weighted by Gasteiger charge is -2.46. The Bertz CT molecular complexity index is 1560. The zero-order chi connectivity index (χ0) is 30.9. The van der Waals surface area contributed by atoms with E-state index in [2.05, 4.69) is 15.9 Å². The first-order valence-corrected chi connectivity index (χ1v) is 15.4. The lowest BCUT2D eigenvalue weighted by molar-refractivity contribution is -0.142. The first-order chi connectivity index (χ1) is 21.4. The summed E-state index contributed by atoms with van der Waals surface area (Å²) in [6, 6.07) is 31.4. The van der Waals surface area contributed by atoms with Crippen LogP contribution in [0.4, 0.5) is 4.39 Å². The van der Waals surface area contributed by atoms with Crippen molar-refractivity contribution < 1.29 is 33.0 Å². The van der Waals surface area contributed by atoms with Gasteiger partial charge >= 0.3 is 17.9 Å². The number of esters is 3. The van der Waals surface area contributed by atoms with Crippen molar-refractivity contribution in [2.75, 3.05) is 18.4 Å². The molecule has 0 radical (unpaired) electrons. The van der Waals surface area contributed by atoms with Crippen LogP contribution in [-0.4, -0.2) is 65.6 Å². The topological polar surface area (TPSA) is 82.1 Å². The number of halogens is 2. The summed E-state index contributed by atoms with van der Waals surface area (Å²) in [5.41, 5.74) is 1.45. The van der Waals surface area contributed by atoms with Gasteiger partial charge in [-0.3, -0.25) is 4.90 Å². The molecule has 5 rings (SSSR count). The molecule has 9 heteroatoms. The molecular weight excluding hydrogens is 629 g/mol. The second kappa shape index (κ2) is 14.9. The molecule has 0 saturated carbocycles. The molecule has 7 nitrogen and oxygen atoms in total. The molecule has 4 aromatic rings. The van der Waals surface area contributed by atoms with Crippen molar-refractivity contribution in [3.63, 3.8) is 0 Å². The molecule has 0 aromatic heterocycles. The standard InChI is InChI=1S/C35H31BrFNO6/c36-22-29-31(43-34(40)26-15-6-2-7-16-26)32(44-35(41)27-17-8-3-9-18-27)30(42-33(39)25-13-4-1-5-14-25)23-38(29)21-20-24-12-10-11-19-28(24)37/h1-19,29-32H,20-23H2/t29-,30-,31+,32+/m0/s1. The Balaban J connectivity index is 1.50. The van der Waals surface area contributed by atoms with Crippen LogP contribution in [-0.2, 0) is 20.6 Å². The van der Waals surface area contributed by atoms with E-state index in [1.165, 1.54) is 6.07 Å². The van der Waals surface area contributed by atoms with Gasteiger partial charge < -0.3 is 14.2 Å². The quantitative estimate of drug-likeness (QED) is 0.115. The second-order valence-corrected chi connectivity index (χ2v) is 11.0. The highest BCUT2D eigenvalue weighted by atomic mass is 79.9. The van der Waals surface area contributed by atoms with E-state index < -0.39 is 42.3 Å². The van der Waals surface area contributed by atoms with Crippen LogP contribution >= 0.6 is 15.9 Å². The van der Waals surface area contributed by atoms with Crippen LogP contribution in [0.15, 0.2) is 115 Å². The average molecular weight is 661 g/mol. The Hall–Kier alpha value is -4.34. The van der Waals surface area contributed by atoms with E-state index in [4.69, 9.17) is 14.2 Å². The normalized spacial score (nSPS) is 20.0. The predicted octanol–water partition coefficient (Wildman–Crippen LogP) is 6.12. The third kappa shape index (κ3) is 7.59. The first-order valence-electron chi connectivity index (χ1n) is 14.3. The zero-order valence-electron chi connectivity index (χ0n) is 23.8. The number of ether oxygens (including phenoxy) is 3. The number of carbonyl (C=O) groups is 3. The van der Waals surface area contributed by atoms with E-state index in [1.807, 2.05) is 4.90 Å². The van der Waals surface area contributed by atoms with Crippen molar-refractivity contribution in [2.24, 2.45) is 0 Å². The van der Waals surface area contributed by atoms with Crippen LogP contribution in [0.3, 0.4) is 0 Å². The summed E-state index contributed by atoms with van der Waals surface area (Å²) in [6.07, 6.45) is -2.85. The molecule has 0 amide bonds. The molecule has 4 atom stereocenters. The summed E-state index contributed by atoms with van der Waals surface area (Å²) in [7, 11) is 0. The zero-order valence-corrected chi connectivity index (χ0v) is 25.3. The number of hydrogen-bond donors (Lipinski definition) is 0. The maximum atomic E-state index is 14.5. The maximum Gasteiger partial charge on any atom is 0.338 e. The van der Waals surface area contributed by atoms with Crippen molar-refractivity contribution in [3.8, 4) is 0 Å². The van der Waals surface area contributed by atoms with Crippen molar-refractivity contribution in [3.05, 3.63) is 143 Å². The molecule has 44 heavy (non-hydrogen) atoms. The summed E-state index contributed by atoms with van der Waals surface area (Å²) in [5.74, 6) is -2.21. The lowest BCUT2D eigenvalue weighted by Crippen LogP contribution is -2.65. The fourth-order valence-corrected chi connectivity index (χ4v) is 6.00. The van der Waals surface area contributed by atoms with Gasteiger partial charge in [-0.2, -0.15) is 0 Å². The van der Waals surface area contributed by atoms with Gasteiger partial charge in [0.1, 0.15) is 5.82 Å². The molecule has 1 saturated heterocycles. The van der Waals surface area contributed by atoms with Crippen LogP contribution in [0.25, 0.3) is 0 Å². The number of piperidine rings is 1. The fraction of sp³-hybridized carbons (Fsp3) is 0.229. The van der Waals surface area contributed by atoms with Crippen molar-refractivity contribution in [2.45, 2.75) is 30.8 Å². The molecule has 4 aromatic carbocycles. The van der Waals surface area contributed by atoms with Crippen LogP contribution < -0.4 is 0 Å². The number of alkyl halides is 1. The summed E-state index contributed by atoms with van der Waals surface area (Å²) in [6.45, 7) is 0.505. The summed E-state index contributed by atoms with van der Waals surface area (Å²) < 4.78 is 32.7. The number of carbonyl (C=O) groups excluding carboxylic acids is 3. The summed E-state index contributed by atoms with van der Waals surface area (Å²) in [4.78, 5) is 42.0. The number of benzene rings is 4. The van der Waals surface area contributed by atoms with Gasteiger partial charge in [0.2, 0.25) is 0 Å². The van der Waals surface area contributed by atoms with Gasteiger partial charge in [0.15, 0.2) is 18.3 Å². The smallest absolute Gasteiger partial charge is 0.338 e. The summed E-state index contributed by atoms with van der Waals surface area (Å²) in [5, 5.41) is 0.329. The lowest BCUT2D eigenvalue weighted by atomic mass is 9.93. The Labute approximate surface area is 263 Å². The molecule has 0 N–H and O–H groups in total. The van der Waals surface area contributed by atoms with Gasteiger partial charge in [0, 0.05) is 18.4 Å². The van der Waals surface area contributed by atoms with Crippen molar-refractivity contribution >= 4 is 33.8 Å². The molecule has 1 fully saturated rings. The molecule has 1 aliphatic rings. The van der Waals surface area contributed by atoms with Crippen molar-refractivity contribution in [1.29, 1.82) is 0 Å². The molecule has 0 unspecified atom stereocenters. The van der Waals surface area contributed by atoms with E-state index in [-0.39, 0.29) is 12.4 Å². The van der Waals surface area contributed by atoms with Crippen LogP contribution in [0, 0.1) is 5.82 Å². The van der Waals surface area contributed by atoms with Crippen LogP contribution in [0.1, 0.15) is 36.6 Å². The third-order valence-corrected chi connectivity index (χ3v) is 8.17. The number of nitrogens with zero attached hydrogens (tertiary/aromatic N) is 1. The Kier molecular flexibility index (Phi) is 10.5. The highest BCUT2D eigenvalue weighted by molar-refractivity contribution is 9.09. The van der Waals surface area contributed by atoms with Gasteiger partial charge in [-0.05, 0) is 54.4 Å². The number of rotatable bonds is 10. The molecule has 0 aliphatic carbocycles. The second-order valence-electron chi connectivity index (χ2n) is 10.3. The van der Waals surface area contributed by atoms with Gasteiger partial charge in [0.25, 0.3) is 0 Å². The number of likely N-dealkylation sites (tertiary alicyclic amines) is 1. The largest absolute Gasteiger partial charge is 0.453 e. The monoisotopic (exact) mass is 659 g/mol. The van der Waals surface area contributed by atoms with E-state index in [1.54, 1.807) is 109 Å². The fourth-order valence-electron chi connectivity index (χ4n) is 5.22. The van der Waals surface area contributed by atoms with Gasteiger partial charge in [-0.25, -0.2) is 18.8 Å². The Morgan fingerprint density at radius 3 is 1.61 bits per heavy atom.